The molecule has 31 heavy (non-hydrogen) atoms. The highest BCUT2D eigenvalue weighted by Crippen LogP contribution is 2.30. The quantitative estimate of drug-likeness (QED) is 0.364. The molecule has 0 bridgehead atoms. The summed E-state index contributed by atoms with van der Waals surface area (Å²) in [6.07, 6.45) is -4.77. The lowest BCUT2D eigenvalue weighted by atomic mass is 9.84. The second-order valence-electron chi connectivity index (χ2n) is 6.47. The minimum absolute atomic E-state index is 0.158. The summed E-state index contributed by atoms with van der Waals surface area (Å²) in [5, 5.41) is 8.55. The number of nitrogen functional groups attached to an aromatic ring is 1. The second kappa shape index (κ2) is 7.54. The van der Waals surface area contributed by atoms with Crippen LogP contribution in [-0.2, 0) is 11.0 Å². The molecule has 2 aromatic carbocycles. The molecule has 8 nitrogen and oxygen atoms in total. The summed E-state index contributed by atoms with van der Waals surface area (Å²) >= 11 is 0.663. The fourth-order valence-corrected chi connectivity index (χ4v) is 3.73. The van der Waals surface area contributed by atoms with Crippen molar-refractivity contribution in [3.05, 3.63) is 70.5 Å². The summed E-state index contributed by atoms with van der Waals surface area (Å²) in [6, 6.07) is 10.7. The van der Waals surface area contributed by atoms with Crippen LogP contribution in [0.5, 0.6) is 0 Å². The molecule has 0 spiro atoms. The third kappa shape index (κ3) is 3.77. The van der Waals surface area contributed by atoms with E-state index in [1.165, 1.54) is 18.2 Å². The van der Waals surface area contributed by atoms with Crippen LogP contribution in [0.3, 0.4) is 0 Å². The molecule has 1 heterocycles. The Kier molecular flexibility index (Phi) is 5.01. The van der Waals surface area contributed by atoms with Crippen molar-refractivity contribution < 1.29 is 27.6 Å². The van der Waals surface area contributed by atoms with Gasteiger partial charge in [0, 0.05) is 27.9 Å². The number of nitrogens with one attached hydrogen (secondary N) is 1. The minimum Gasteiger partial charge on any atom is -0.335 e. The van der Waals surface area contributed by atoms with Gasteiger partial charge in [0.15, 0.2) is 11.6 Å². The van der Waals surface area contributed by atoms with Crippen LogP contribution < -0.4 is 11.2 Å². The Bertz CT molecular complexity index is 1240. The summed E-state index contributed by atoms with van der Waals surface area (Å²) in [5.41, 5.74) is 1.24. The molecule has 12 heteroatoms. The van der Waals surface area contributed by atoms with E-state index in [1.54, 1.807) is 24.3 Å². The summed E-state index contributed by atoms with van der Waals surface area (Å²) < 4.78 is 38.3. The molecule has 0 atom stereocenters. The van der Waals surface area contributed by atoms with Gasteiger partial charge < -0.3 is 11.2 Å². The average molecular weight is 447 g/mol. The third-order valence-corrected chi connectivity index (χ3v) is 5.40. The molecule has 0 saturated carbocycles. The topological polar surface area (TPSA) is 120 Å². The first kappa shape index (κ1) is 20.6. The van der Waals surface area contributed by atoms with Crippen LogP contribution in [0.2, 0.25) is 0 Å². The number of aromatic nitrogens is 3. The Balaban J connectivity index is 1.47. The van der Waals surface area contributed by atoms with Gasteiger partial charge in [-0.15, -0.1) is 10.2 Å². The number of amides is 1. The monoisotopic (exact) mass is 447 g/mol. The molecule has 0 radical (unpaired) electrons. The largest absolute Gasteiger partial charge is 0.453 e. The lowest BCUT2D eigenvalue weighted by Crippen LogP contribution is -2.22. The van der Waals surface area contributed by atoms with Crippen molar-refractivity contribution >= 4 is 34.9 Å². The molecule has 1 amide bonds. The highest BCUT2D eigenvalue weighted by atomic mass is 32.2. The van der Waals surface area contributed by atoms with Crippen LogP contribution >= 0.6 is 11.8 Å². The van der Waals surface area contributed by atoms with Crippen molar-refractivity contribution in [3.63, 3.8) is 0 Å². The van der Waals surface area contributed by atoms with Gasteiger partial charge in [0.1, 0.15) is 0 Å². The lowest BCUT2D eigenvalue weighted by molar-refractivity contribution is -0.146. The van der Waals surface area contributed by atoms with Gasteiger partial charge >= 0.3 is 6.18 Å². The summed E-state index contributed by atoms with van der Waals surface area (Å²) in [4.78, 5) is 37.5. The van der Waals surface area contributed by atoms with E-state index in [0.717, 1.165) is 0 Å². The molecule has 0 unspecified atom stereocenters. The number of fused-ring (bicyclic) bond motifs is 2. The van der Waals surface area contributed by atoms with Crippen molar-refractivity contribution in [2.24, 2.45) is 0 Å². The van der Waals surface area contributed by atoms with E-state index in [4.69, 9.17) is 5.84 Å². The lowest BCUT2D eigenvalue weighted by Gasteiger charge is -2.18. The van der Waals surface area contributed by atoms with E-state index in [0.29, 0.717) is 17.3 Å². The third-order valence-electron chi connectivity index (χ3n) is 4.46. The van der Waals surface area contributed by atoms with Crippen molar-refractivity contribution in [2.75, 3.05) is 16.9 Å². The molecule has 3 aromatic rings. The highest BCUT2D eigenvalue weighted by molar-refractivity contribution is 7.99. The molecule has 0 fully saturated rings. The normalized spacial score (nSPS) is 13.0. The molecule has 1 aromatic heterocycles. The average Bonchev–Trinajstić information content (AvgIpc) is 3.11. The van der Waals surface area contributed by atoms with Gasteiger partial charge in [-0.1, -0.05) is 36.0 Å². The first-order valence-corrected chi connectivity index (χ1v) is 9.68. The van der Waals surface area contributed by atoms with Crippen LogP contribution in [-0.4, -0.2) is 38.1 Å². The first-order chi connectivity index (χ1) is 14.7. The van der Waals surface area contributed by atoms with Crippen molar-refractivity contribution in [2.45, 2.75) is 11.3 Å². The summed E-state index contributed by atoms with van der Waals surface area (Å²) in [6.45, 7) is 0. The van der Waals surface area contributed by atoms with Gasteiger partial charge in [-0.05, 0) is 18.2 Å². The molecule has 158 valence electrons. The number of ketones is 2. The predicted molar refractivity (Wildman–Crippen MR) is 104 cm³/mol. The highest BCUT2D eigenvalue weighted by Gasteiger charge is 2.38. The predicted octanol–water partition coefficient (Wildman–Crippen LogP) is 2.52. The molecule has 0 saturated heterocycles. The first-order valence-electron chi connectivity index (χ1n) is 8.69. The summed E-state index contributed by atoms with van der Waals surface area (Å²) in [7, 11) is 0. The molecule has 4 rings (SSSR count). The van der Waals surface area contributed by atoms with Crippen LogP contribution in [0.25, 0.3) is 0 Å². The van der Waals surface area contributed by atoms with Gasteiger partial charge in [0.05, 0.1) is 5.75 Å². The van der Waals surface area contributed by atoms with E-state index in [1.807, 2.05) is 0 Å². The summed E-state index contributed by atoms with van der Waals surface area (Å²) in [5.74, 6) is 2.43. The maximum atomic E-state index is 12.7. The number of carbonyl (C=O) groups is 3. The maximum absolute atomic E-state index is 12.7. The van der Waals surface area contributed by atoms with Crippen molar-refractivity contribution in [3.8, 4) is 0 Å². The number of rotatable bonds is 4. The fraction of sp³-hybridized carbons (Fsp3) is 0.105. The zero-order chi connectivity index (χ0) is 22.3. The number of nitrogens with two attached hydrogens (primary N) is 1. The van der Waals surface area contributed by atoms with E-state index in [2.05, 4.69) is 15.5 Å². The molecule has 0 aliphatic heterocycles. The Morgan fingerprint density at radius 3 is 2.23 bits per heavy atom. The Hall–Kier alpha value is -3.67. The van der Waals surface area contributed by atoms with Crippen LogP contribution in [0.4, 0.5) is 18.9 Å². The van der Waals surface area contributed by atoms with Crippen molar-refractivity contribution in [1.82, 2.24) is 14.9 Å². The molecule has 1 aliphatic carbocycles. The Morgan fingerprint density at radius 1 is 1.00 bits per heavy atom. The fourth-order valence-electron chi connectivity index (χ4n) is 3.07. The number of hydrogen-bond acceptors (Lipinski definition) is 7. The second-order valence-corrected chi connectivity index (χ2v) is 7.42. The number of carbonyl (C=O) groups excluding carboxylic acids is 3. The van der Waals surface area contributed by atoms with Gasteiger partial charge in [0.25, 0.3) is 5.82 Å². The minimum atomic E-state index is -4.77. The smallest absolute Gasteiger partial charge is 0.335 e. The molecular formula is C19H12F3N5O3S. The van der Waals surface area contributed by atoms with Crippen LogP contribution in [0.15, 0.2) is 47.6 Å². The van der Waals surface area contributed by atoms with E-state index < -0.39 is 17.9 Å². The van der Waals surface area contributed by atoms with E-state index in [9.17, 15) is 27.6 Å². The van der Waals surface area contributed by atoms with Gasteiger partial charge in [0.2, 0.25) is 11.1 Å². The number of hydrogen-bond donors (Lipinski definition) is 2. The maximum Gasteiger partial charge on any atom is 0.453 e. The van der Waals surface area contributed by atoms with Crippen molar-refractivity contribution in [1.29, 1.82) is 0 Å². The van der Waals surface area contributed by atoms with Gasteiger partial charge in [-0.3, -0.25) is 14.4 Å². The van der Waals surface area contributed by atoms with Gasteiger partial charge in [-0.2, -0.15) is 13.2 Å². The number of nitrogens with zero attached hydrogens (tertiary/aromatic N) is 3. The van der Waals surface area contributed by atoms with E-state index in [-0.39, 0.29) is 49.5 Å². The molecule has 3 N–H and O–H groups in total. The number of alkyl halides is 3. The number of benzene rings is 2. The molecule has 1 aliphatic rings. The zero-order valence-electron chi connectivity index (χ0n) is 15.4. The van der Waals surface area contributed by atoms with Crippen LogP contribution in [0, 0.1) is 0 Å². The van der Waals surface area contributed by atoms with Crippen LogP contribution in [0.1, 0.15) is 37.7 Å². The van der Waals surface area contributed by atoms with E-state index >= 15 is 0 Å². The number of anilines is 1. The SMILES string of the molecule is Nn1c(SCC(=O)Nc2ccc3c(c2)C(=O)c2ccccc2C3=O)nnc1C(F)(F)F. The Morgan fingerprint density at radius 2 is 1.61 bits per heavy atom. The molecular weight excluding hydrogens is 435 g/mol. The zero-order valence-corrected chi connectivity index (χ0v) is 16.3. The standard InChI is InChI=1S/C19H12F3N5O3S/c20-19(21,22)17-25-26-18(27(17)23)31-8-14(28)24-9-5-6-12-13(7-9)16(30)11-4-2-1-3-10(11)15(12)29/h1-7H,8,23H2,(H,24,28). The number of halogens is 3. The van der Waals surface area contributed by atoms with Gasteiger partial charge in [-0.25, -0.2) is 4.68 Å². The number of thioether (sulfide) groups is 1. The Labute approximate surface area is 176 Å².